The monoisotopic (exact) mass is 380 g/mol. The number of halogens is 1. The molecule has 0 fully saturated rings. The number of rotatable bonds is 5. The summed E-state index contributed by atoms with van der Waals surface area (Å²) in [5.41, 5.74) is 0.390. The van der Waals surface area contributed by atoms with Crippen molar-refractivity contribution in [1.82, 2.24) is 39.7 Å². The van der Waals surface area contributed by atoms with E-state index in [1.165, 1.54) is 27.8 Å². The first-order valence-electron chi connectivity index (χ1n) is 8.69. The molecule has 142 valence electrons. The smallest absolute Gasteiger partial charge is 0.261 e. The van der Waals surface area contributed by atoms with E-state index in [0.29, 0.717) is 29.5 Å². The molecule has 9 nitrogen and oxygen atoms in total. The molecule has 1 N–H and O–H groups in total. The predicted molar refractivity (Wildman–Crippen MR) is 98.4 cm³/mol. The van der Waals surface area contributed by atoms with E-state index in [9.17, 15) is 9.18 Å². The molecule has 0 spiro atoms. The Morgan fingerprint density at radius 2 is 2.04 bits per heavy atom. The van der Waals surface area contributed by atoms with Crippen molar-refractivity contribution >= 4 is 0 Å². The van der Waals surface area contributed by atoms with Gasteiger partial charge in [-0.2, -0.15) is 4.68 Å². The Morgan fingerprint density at radius 3 is 2.71 bits per heavy atom. The molecule has 3 aromatic heterocycles. The van der Waals surface area contributed by atoms with Crippen molar-refractivity contribution in [3.8, 4) is 17.2 Å². The van der Waals surface area contributed by atoms with Gasteiger partial charge >= 0.3 is 0 Å². The zero-order valence-corrected chi connectivity index (χ0v) is 15.3. The Morgan fingerprint density at radius 1 is 1.21 bits per heavy atom. The van der Waals surface area contributed by atoms with Gasteiger partial charge in [0.05, 0.1) is 6.20 Å². The van der Waals surface area contributed by atoms with Crippen molar-refractivity contribution in [2.75, 3.05) is 0 Å². The van der Waals surface area contributed by atoms with Crippen molar-refractivity contribution in [2.24, 2.45) is 7.05 Å². The van der Waals surface area contributed by atoms with Crippen molar-refractivity contribution < 1.29 is 4.39 Å². The number of nitrogens with zero attached hydrogens (tertiary/aromatic N) is 7. The third-order valence-corrected chi connectivity index (χ3v) is 4.29. The van der Waals surface area contributed by atoms with Crippen LogP contribution in [0.1, 0.15) is 24.1 Å². The van der Waals surface area contributed by atoms with Gasteiger partial charge in [0.25, 0.3) is 5.56 Å². The second-order valence-corrected chi connectivity index (χ2v) is 6.17. The van der Waals surface area contributed by atoms with Gasteiger partial charge in [-0.25, -0.2) is 19.0 Å². The molecule has 0 saturated carbocycles. The van der Waals surface area contributed by atoms with E-state index in [0.717, 1.165) is 0 Å². The van der Waals surface area contributed by atoms with Crippen LogP contribution in [-0.4, -0.2) is 39.7 Å². The maximum Gasteiger partial charge on any atom is 0.261 e. The SMILES string of the molecule is CCc1ncc(-c2nc(Cc3ccccc3F)nn2-c2cnnn2C)c(=O)[nH]1. The predicted octanol–water partition coefficient (Wildman–Crippen LogP) is 1.44. The molecule has 10 heteroatoms. The van der Waals surface area contributed by atoms with Crippen LogP contribution in [-0.2, 0) is 19.9 Å². The Labute approximate surface area is 158 Å². The largest absolute Gasteiger partial charge is 0.310 e. The highest BCUT2D eigenvalue weighted by molar-refractivity contribution is 5.54. The van der Waals surface area contributed by atoms with Gasteiger partial charge in [0.1, 0.15) is 17.2 Å². The average Bonchev–Trinajstić information content (AvgIpc) is 3.29. The molecule has 0 aliphatic carbocycles. The Bertz CT molecular complexity index is 1190. The lowest BCUT2D eigenvalue weighted by Gasteiger charge is -2.04. The Hall–Kier alpha value is -3.69. The van der Waals surface area contributed by atoms with E-state index in [4.69, 9.17) is 0 Å². The highest BCUT2D eigenvalue weighted by atomic mass is 19.1. The fraction of sp³-hybridized carbons (Fsp3) is 0.222. The molecule has 0 amide bonds. The van der Waals surface area contributed by atoms with Gasteiger partial charge in [-0.1, -0.05) is 30.3 Å². The zero-order valence-electron chi connectivity index (χ0n) is 15.3. The van der Waals surface area contributed by atoms with E-state index >= 15 is 0 Å². The molecule has 3 heterocycles. The number of aromatic amines is 1. The maximum atomic E-state index is 14.0. The maximum absolute atomic E-state index is 14.0. The summed E-state index contributed by atoms with van der Waals surface area (Å²) < 4.78 is 17.0. The molecule has 0 unspecified atom stereocenters. The molecule has 28 heavy (non-hydrogen) atoms. The first kappa shape index (κ1) is 17.7. The van der Waals surface area contributed by atoms with Crippen LogP contribution in [0.5, 0.6) is 0 Å². The number of aryl methyl sites for hydroxylation is 2. The van der Waals surface area contributed by atoms with Gasteiger partial charge in [-0.3, -0.25) is 4.79 Å². The van der Waals surface area contributed by atoms with Crippen LogP contribution in [0.3, 0.4) is 0 Å². The summed E-state index contributed by atoms with van der Waals surface area (Å²) in [6.45, 7) is 1.90. The molecule has 0 saturated heterocycles. The summed E-state index contributed by atoms with van der Waals surface area (Å²) in [5.74, 6) is 1.40. The molecule has 0 aliphatic heterocycles. The van der Waals surface area contributed by atoms with E-state index < -0.39 is 0 Å². The van der Waals surface area contributed by atoms with Gasteiger partial charge in [0.15, 0.2) is 17.5 Å². The summed E-state index contributed by atoms with van der Waals surface area (Å²) in [6.07, 6.45) is 3.75. The standard InChI is InChI=1S/C18H17FN8O/c1-3-14-20-9-12(18(28)23-14)17-22-15(8-11-6-4-5-7-13(11)19)24-27(17)16-10-21-25-26(16)2/h4-7,9-10H,3,8H2,1-2H3,(H,20,23,28). The summed E-state index contributed by atoms with van der Waals surface area (Å²) in [7, 11) is 1.70. The number of aromatic nitrogens is 8. The minimum absolute atomic E-state index is 0.177. The summed E-state index contributed by atoms with van der Waals surface area (Å²) in [4.78, 5) is 24.0. The fourth-order valence-corrected chi connectivity index (χ4v) is 2.82. The minimum atomic E-state index is -0.339. The first-order valence-corrected chi connectivity index (χ1v) is 8.69. The third kappa shape index (κ3) is 3.20. The third-order valence-electron chi connectivity index (χ3n) is 4.29. The quantitative estimate of drug-likeness (QED) is 0.561. The van der Waals surface area contributed by atoms with Crippen LogP contribution in [0.4, 0.5) is 4.39 Å². The van der Waals surface area contributed by atoms with Crippen molar-refractivity contribution in [3.63, 3.8) is 0 Å². The summed E-state index contributed by atoms with van der Waals surface area (Å²) in [5, 5.41) is 12.2. The molecule has 4 rings (SSSR count). The van der Waals surface area contributed by atoms with Crippen LogP contribution in [0.2, 0.25) is 0 Å². The highest BCUT2D eigenvalue weighted by Gasteiger charge is 2.20. The Balaban J connectivity index is 1.85. The molecule has 4 aromatic rings. The molecule has 0 aliphatic rings. The molecule has 0 atom stereocenters. The van der Waals surface area contributed by atoms with Gasteiger partial charge < -0.3 is 4.98 Å². The van der Waals surface area contributed by atoms with Crippen LogP contribution in [0.25, 0.3) is 17.2 Å². The first-order chi connectivity index (χ1) is 13.6. The second kappa shape index (κ2) is 7.14. The number of nitrogens with one attached hydrogen (secondary N) is 1. The minimum Gasteiger partial charge on any atom is -0.310 e. The molecule has 1 aromatic carbocycles. The van der Waals surface area contributed by atoms with Gasteiger partial charge in [0, 0.05) is 26.1 Å². The lowest BCUT2D eigenvalue weighted by molar-refractivity contribution is 0.611. The molecular weight excluding hydrogens is 363 g/mol. The second-order valence-electron chi connectivity index (χ2n) is 6.17. The number of H-pyrrole nitrogens is 1. The van der Waals surface area contributed by atoms with E-state index in [-0.39, 0.29) is 29.2 Å². The normalized spacial score (nSPS) is 11.1. The summed E-state index contributed by atoms with van der Waals surface area (Å²) in [6, 6.07) is 6.43. The van der Waals surface area contributed by atoms with Gasteiger partial charge in [0.2, 0.25) is 0 Å². The summed E-state index contributed by atoms with van der Waals surface area (Å²) >= 11 is 0. The van der Waals surface area contributed by atoms with Crippen molar-refractivity contribution in [3.05, 3.63) is 70.0 Å². The molecule has 0 bridgehead atoms. The van der Waals surface area contributed by atoms with Gasteiger partial charge in [-0.05, 0) is 11.6 Å². The van der Waals surface area contributed by atoms with Crippen LogP contribution < -0.4 is 5.56 Å². The average molecular weight is 380 g/mol. The van der Waals surface area contributed by atoms with Crippen molar-refractivity contribution in [1.29, 1.82) is 0 Å². The number of benzene rings is 1. The fourth-order valence-electron chi connectivity index (χ4n) is 2.82. The lowest BCUT2D eigenvalue weighted by atomic mass is 10.1. The topological polar surface area (TPSA) is 107 Å². The van der Waals surface area contributed by atoms with E-state index in [2.05, 4.69) is 30.4 Å². The van der Waals surface area contributed by atoms with Crippen LogP contribution in [0.15, 0.2) is 41.5 Å². The molecule has 0 radical (unpaired) electrons. The van der Waals surface area contributed by atoms with Gasteiger partial charge in [-0.15, -0.1) is 10.2 Å². The van der Waals surface area contributed by atoms with Crippen LogP contribution >= 0.6 is 0 Å². The lowest BCUT2D eigenvalue weighted by Crippen LogP contribution is -2.16. The van der Waals surface area contributed by atoms with Crippen molar-refractivity contribution in [2.45, 2.75) is 19.8 Å². The van der Waals surface area contributed by atoms with E-state index in [1.54, 1.807) is 25.2 Å². The van der Waals surface area contributed by atoms with Crippen LogP contribution in [0, 0.1) is 5.82 Å². The highest BCUT2D eigenvalue weighted by Crippen LogP contribution is 2.19. The molecular formula is C18H17FN8O. The Kier molecular flexibility index (Phi) is 4.52. The van der Waals surface area contributed by atoms with E-state index in [1.807, 2.05) is 6.92 Å². The number of hydrogen-bond donors (Lipinski definition) is 1. The zero-order chi connectivity index (χ0) is 19.7. The number of hydrogen-bond acceptors (Lipinski definition) is 6.